The summed E-state index contributed by atoms with van der Waals surface area (Å²) in [6, 6.07) is 5.17. The predicted molar refractivity (Wildman–Crippen MR) is 76.8 cm³/mol. The van der Waals surface area contributed by atoms with E-state index in [0.29, 0.717) is 21.5 Å². The third-order valence-electron chi connectivity index (χ3n) is 1.92. The van der Waals surface area contributed by atoms with Crippen molar-refractivity contribution in [3.8, 4) is 0 Å². The predicted octanol–water partition coefficient (Wildman–Crippen LogP) is 3.36. The van der Waals surface area contributed by atoms with Gasteiger partial charge < -0.3 is 0 Å². The zero-order valence-corrected chi connectivity index (χ0v) is 12.4. The van der Waals surface area contributed by atoms with Crippen molar-refractivity contribution in [1.29, 1.82) is 0 Å². The van der Waals surface area contributed by atoms with Gasteiger partial charge in [0, 0.05) is 20.1 Å². The van der Waals surface area contributed by atoms with Gasteiger partial charge in [-0.1, -0.05) is 11.6 Å². The Kier molecular flexibility index (Phi) is 3.95. The Bertz CT molecular complexity index is 572. The van der Waals surface area contributed by atoms with E-state index in [-0.39, 0.29) is 5.91 Å². The number of carbonyl (C=O) groups is 1. The molecule has 4 nitrogen and oxygen atoms in total. The monoisotopic (exact) mass is 379 g/mol. The number of aromatic nitrogens is 2. The largest absolute Gasteiger partial charge is 0.297 e. The maximum absolute atomic E-state index is 12.0. The maximum atomic E-state index is 12.0. The second-order valence-electron chi connectivity index (χ2n) is 3.23. The van der Waals surface area contributed by atoms with Crippen molar-refractivity contribution in [2.45, 2.75) is 6.92 Å². The van der Waals surface area contributed by atoms with Gasteiger partial charge in [0.05, 0.1) is 5.56 Å². The molecule has 1 aromatic carbocycles. The number of aryl methyl sites for hydroxylation is 1. The summed E-state index contributed by atoms with van der Waals surface area (Å²) in [4.78, 5) is 16.0. The second-order valence-corrected chi connectivity index (χ2v) is 5.58. The van der Waals surface area contributed by atoms with E-state index in [1.54, 1.807) is 25.1 Å². The van der Waals surface area contributed by atoms with Crippen molar-refractivity contribution in [1.82, 2.24) is 9.36 Å². The van der Waals surface area contributed by atoms with E-state index < -0.39 is 0 Å². The first-order valence-electron chi connectivity index (χ1n) is 4.63. The van der Waals surface area contributed by atoms with Gasteiger partial charge in [-0.3, -0.25) is 10.1 Å². The van der Waals surface area contributed by atoms with Crippen molar-refractivity contribution in [2.24, 2.45) is 0 Å². The minimum Gasteiger partial charge on any atom is -0.297 e. The first-order valence-corrected chi connectivity index (χ1v) is 6.86. The van der Waals surface area contributed by atoms with Crippen LogP contribution in [0, 0.1) is 10.5 Å². The highest BCUT2D eigenvalue weighted by Crippen LogP contribution is 2.20. The van der Waals surface area contributed by atoms with Crippen LogP contribution < -0.4 is 5.32 Å². The van der Waals surface area contributed by atoms with E-state index in [9.17, 15) is 4.79 Å². The van der Waals surface area contributed by atoms with Crippen LogP contribution >= 0.6 is 45.7 Å². The topological polar surface area (TPSA) is 54.9 Å². The molecule has 0 unspecified atom stereocenters. The molecule has 17 heavy (non-hydrogen) atoms. The summed E-state index contributed by atoms with van der Waals surface area (Å²) in [5.41, 5.74) is 0.533. The van der Waals surface area contributed by atoms with E-state index in [0.717, 1.165) is 15.1 Å². The fourth-order valence-electron chi connectivity index (χ4n) is 1.18. The highest BCUT2D eigenvalue weighted by Gasteiger charge is 2.12. The third kappa shape index (κ3) is 3.14. The molecule has 7 heteroatoms. The summed E-state index contributed by atoms with van der Waals surface area (Å²) in [5, 5.41) is 3.71. The van der Waals surface area contributed by atoms with Gasteiger partial charge in [0.1, 0.15) is 5.82 Å². The third-order valence-corrected chi connectivity index (χ3v) is 3.82. The minimum absolute atomic E-state index is 0.229. The number of amides is 1. The van der Waals surface area contributed by atoms with Crippen LogP contribution in [0.15, 0.2) is 18.2 Å². The Hall–Kier alpha value is -0.730. The molecule has 2 aromatic rings. The van der Waals surface area contributed by atoms with Gasteiger partial charge in [0.25, 0.3) is 5.91 Å². The van der Waals surface area contributed by atoms with Crippen LogP contribution in [0.2, 0.25) is 5.02 Å². The number of benzene rings is 1. The molecule has 0 radical (unpaired) electrons. The van der Waals surface area contributed by atoms with E-state index in [4.69, 9.17) is 11.6 Å². The highest BCUT2D eigenvalue weighted by atomic mass is 127. The first-order chi connectivity index (χ1) is 8.06. The lowest BCUT2D eigenvalue weighted by Crippen LogP contribution is -2.13. The number of carbonyl (C=O) groups excluding carboxylic acids is 1. The van der Waals surface area contributed by atoms with Gasteiger partial charge in [-0.2, -0.15) is 4.37 Å². The second kappa shape index (κ2) is 5.28. The highest BCUT2D eigenvalue weighted by molar-refractivity contribution is 14.1. The molecule has 1 heterocycles. The lowest BCUT2D eigenvalue weighted by atomic mass is 10.2. The van der Waals surface area contributed by atoms with E-state index in [1.807, 2.05) is 0 Å². The Morgan fingerprint density at radius 3 is 2.94 bits per heavy atom. The molecular weight excluding hydrogens is 373 g/mol. The van der Waals surface area contributed by atoms with Crippen LogP contribution in [-0.4, -0.2) is 15.3 Å². The molecule has 0 saturated heterocycles. The Balaban J connectivity index is 2.22. The number of hydrogen-bond donors (Lipinski definition) is 1. The summed E-state index contributed by atoms with van der Waals surface area (Å²) in [6.07, 6.45) is 0. The molecule has 0 aliphatic carbocycles. The maximum Gasteiger partial charge on any atom is 0.258 e. The van der Waals surface area contributed by atoms with Gasteiger partial charge in [0.15, 0.2) is 0 Å². The molecule has 0 aliphatic heterocycles. The SMILES string of the molecule is Cc1nsc(NC(=O)c2cc(Cl)ccc2I)n1. The molecule has 1 amide bonds. The zero-order valence-electron chi connectivity index (χ0n) is 8.70. The summed E-state index contributed by atoms with van der Waals surface area (Å²) in [6.45, 7) is 1.77. The molecule has 0 saturated carbocycles. The van der Waals surface area contributed by atoms with Crippen LogP contribution in [0.4, 0.5) is 5.13 Å². The summed E-state index contributed by atoms with van der Waals surface area (Å²) in [7, 11) is 0. The van der Waals surface area contributed by atoms with Crippen LogP contribution in [0.3, 0.4) is 0 Å². The van der Waals surface area contributed by atoms with Crippen molar-refractivity contribution < 1.29 is 4.79 Å². The average Bonchev–Trinajstić information content (AvgIpc) is 2.67. The Labute approximate surface area is 121 Å². The van der Waals surface area contributed by atoms with Gasteiger partial charge in [-0.15, -0.1) is 0 Å². The van der Waals surface area contributed by atoms with Crippen molar-refractivity contribution >= 4 is 56.8 Å². The molecule has 0 bridgehead atoms. The number of nitrogens with one attached hydrogen (secondary N) is 1. The Morgan fingerprint density at radius 1 is 1.53 bits per heavy atom. The normalized spacial score (nSPS) is 10.3. The van der Waals surface area contributed by atoms with Gasteiger partial charge in [-0.25, -0.2) is 4.98 Å². The number of hydrogen-bond acceptors (Lipinski definition) is 4. The molecule has 0 fully saturated rings. The zero-order chi connectivity index (χ0) is 12.4. The van der Waals surface area contributed by atoms with Crippen molar-refractivity contribution in [3.63, 3.8) is 0 Å². The summed E-state index contributed by atoms with van der Waals surface area (Å²) in [5.74, 6) is 0.416. The molecule has 0 atom stereocenters. The molecule has 0 aliphatic rings. The fourth-order valence-corrected chi connectivity index (χ4v) is 2.51. The first kappa shape index (κ1) is 12.7. The number of nitrogens with zero attached hydrogens (tertiary/aromatic N) is 2. The van der Waals surface area contributed by atoms with E-state index in [1.165, 1.54) is 0 Å². The quantitative estimate of drug-likeness (QED) is 0.814. The average molecular weight is 380 g/mol. The molecule has 0 spiro atoms. The molecule has 2 rings (SSSR count). The van der Waals surface area contributed by atoms with Gasteiger partial charge in [0.2, 0.25) is 5.13 Å². The lowest BCUT2D eigenvalue weighted by Gasteiger charge is -2.04. The van der Waals surface area contributed by atoms with Gasteiger partial charge >= 0.3 is 0 Å². The Morgan fingerprint density at radius 2 is 2.29 bits per heavy atom. The minimum atomic E-state index is -0.229. The summed E-state index contributed by atoms with van der Waals surface area (Å²) < 4.78 is 4.83. The summed E-state index contributed by atoms with van der Waals surface area (Å²) >= 11 is 9.10. The number of rotatable bonds is 2. The van der Waals surface area contributed by atoms with Crippen LogP contribution in [0.5, 0.6) is 0 Å². The van der Waals surface area contributed by atoms with E-state index >= 15 is 0 Å². The molecule has 1 aromatic heterocycles. The van der Waals surface area contributed by atoms with Crippen molar-refractivity contribution in [2.75, 3.05) is 5.32 Å². The standard InChI is InChI=1S/C10H7ClIN3OS/c1-5-13-10(17-15-5)14-9(16)7-4-6(11)2-3-8(7)12/h2-4H,1H3,(H,13,14,15,16). The molecule has 88 valence electrons. The van der Waals surface area contributed by atoms with Gasteiger partial charge in [-0.05, 0) is 47.7 Å². The molecular formula is C10H7ClIN3OS. The smallest absolute Gasteiger partial charge is 0.258 e. The van der Waals surface area contributed by atoms with E-state index in [2.05, 4.69) is 37.3 Å². The van der Waals surface area contributed by atoms with Crippen LogP contribution in [0.1, 0.15) is 16.2 Å². The number of halogens is 2. The van der Waals surface area contributed by atoms with Crippen molar-refractivity contribution in [3.05, 3.63) is 38.2 Å². The molecule has 1 N–H and O–H groups in total. The van der Waals surface area contributed by atoms with Crippen LogP contribution in [-0.2, 0) is 0 Å². The van der Waals surface area contributed by atoms with Crippen LogP contribution in [0.25, 0.3) is 0 Å². The number of anilines is 1. The fraction of sp³-hybridized carbons (Fsp3) is 0.100. The lowest BCUT2D eigenvalue weighted by molar-refractivity contribution is 0.102.